The molecule has 2 rings (SSSR count). The highest BCUT2D eigenvalue weighted by atomic mass is 79.9. The highest BCUT2D eigenvalue weighted by Gasteiger charge is 2.36. The fraction of sp³-hybridized carbons (Fsp3) is 0.417. The van der Waals surface area contributed by atoms with Crippen molar-refractivity contribution in [3.63, 3.8) is 0 Å². The summed E-state index contributed by atoms with van der Waals surface area (Å²) in [5, 5.41) is 0. The number of fused-ring (bicyclic) bond motifs is 1. The van der Waals surface area contributed by atoms with Crippen molar-refractivity contribution < 1.29 is 17.9 Å². The van der Waals surface area contributed by atoms with E-state index in [9.17, 15) is 13.2 Å². The Balaban J connectivity index is 2.61. The molecule has 1 aromatic carbocycles. The van der Waals surface area contributed by atoms with Crippen LogP contribution >= 0.6 is 15.9 Å². The molecule has 0 radical (unpaired) electrons. The van der Waals surface area contributed by atoms with Crippen molar-refractivity contribution in [1.82, 2.24) is 0 Å². The van der Waals surface area contributed by atoms with E-state index in [0.717, 1.165) is 6.26 Å². The zero-order valence-electron chi connectivity index (χ0n) is 10.3. The Kier molecular flexibility index (Phi) is 3.06. The minimum Gasteiger partial charge on any atom is -0.479 e. The maximum atomic E-state index is 11.9. The molecule has 0 aliphatic carbocycles. The van der Waals surface area contributed by atoms with Gasteiger partial charge in [0.1, 0.15) is 5.75 Å². The zero-order chi connectivity index (χ0) is 13.7. The molecular formula is C12H13BrO4S. The van der Waals surface area contributed by atoms with Crippen LogP contribution in [0.3, 0.4) is 0 Å². The van der Waals surface area contributed by atoms with Crippen LogP contribution in [0.25, 0.3) is 0 Å². The zero-order valence-corrected chi connectivity index (χ0v) is 12.7. The Hall–Kier alpha value is -0.880. The van der Waals surface area contributed by atoms with Gasteiger partial charge in [0.15, 0.2) is 21.2 Å². The van der Waals surface area contributed by atoms with E-state index in [-0.39, 0.29) is 17.1 Å². The van der Waals surface area contributed by atoms with Gasteiger partial charge >= 0.3 is 0 Å². The fourth-order valence-electron chi connectivity index (χ4n) is 1.78. The van der Waals surface area contributed by atoms with Crippen LogP contribution in [0.2, 0.25) is 0 Å². The number of rotatable bonds is 1. The number of hydrogen-bond donors (Lipinski definition) is 0. The summed E-state index contributed by atoms with van der Waals surface area (Å²) in [5.41, 5.74) is -0.267. The van der Waals surface area contributed by atoms with E-state index >= 15 is 0 Å². The number of carbonyl (C=O) groups is 1. The van der Waals surface area contributed by atoms with Crippen molar-refractivity contribution in [1.29, 1.82) is 0 Å². The van der Waals surface area contributed by atoms with Crippen LogP contribution in [0.5, 0.6) is 5.75 Å². The Morgan fingerprint density at radius 2 is 1.94 bits per heavy atom. The number of carbonyl (C=O) groups excluding carboxylic acids is 1. The molecule has 0 unspecified atom stereocenters. The second-order valence-electron chi connectivity index (χ2n) is 4.88. The molecule has 0 fully saturated rings. The molecular weight excluding hydrogens is 320 g/mol. The lowest BCUT2D eigenvalue weighted by Gasteiger charge is -2.32. The Bertz CT molecular complexity index is 632. The van der Waals surface area contributed by atoms with Gasteiger partial charge in [-0.25, -0.2) is 8.42 Å². The standard InChI is InChI=1S/C12H13BrO4S/c1-12(2)10(14)5-7-4-8(18(3,15)16)6-9(13)11(7)17-12/h4,6H,5H2,1-3H3. The summed E-state index contributed by atoms with van der Waals surface area (Å²) in [4.78, 5) is 12.0. The van der Waals surface area contributed by atoms with Gasteiger partial charge in [-0.2, -0.15) is 0 Å². The summed E-state index contributed by atoms with van der Waals surface area (Å²) in [7, 11) is -3.30. The first-order valence-electron chi connectivity index (χ1n) is 5.36. The van der Waals surface area contributed by atoms with Crippen LogP contribution in [0.1, 0.15) is 19.4 Å². The number of sulfone groups is 1. The van der Waals surface area contributed by atoms with Gasteiger partial charge in [0.25, 0.3) is 0 Å². The summed E-state index contributed by atoms with van der Waals surface area (Å²) >= 11 is 3.30. The number of ether oxygens (including phenoxy) is 1. The van der Waals surface area contributed by atoms with Gasteiger partial charge in [-0.3, -0.25) is 4.79 Å². The lowest BCUT2D eigenvalue weighted by molar-refractivity contribution is -0.132. The quantitative estimate of drug-likeness (QED) is 0.790. The van der Waals surface area contributed by atoms with Crippen LogP contribution in [0.4, 0.5) is 0 Å². The molecule has 0 aromatic heterocycles. The molecule has 6 heteroatoms. The highest BCUT2D eigenvalue weighted by molar-refractivity contribution is 9.10. The molecule has 1 heterocycles. The minimum atomic E-state index is -3.30. The number of halogens is 1. The highest BCUT2D eigenvalue weighted by Crippen LogP contribution is 2.38. The predicted molar refractivity (Wildman–Crippen MR) is 70.7 cm³/mol. The molecule has 1 aliphatic rings. The normalized spacial score (nSPS) is 18.1. The summed E-state index contributed by atoms with van der Waals surface area (Å²) < 4.78 is 29.3. The third kappa shape index (κ3) is 2.31. The van der Waals surface area contributed by atoms with Crippen molar-refractivity contribution in [2.75, 3.05) is 6.26 Å². The summed E-state index contributed by atoms with van der Waals surface area (Å²) in [6.07, 6.45) is 1.32. The average Bonchev–Trinajstić information content (AvgIpc) is 2.19. The van der Waals surface area contributed by atoms with Gasteiger partial charge in [0.05, 0.1) is 9.37 Å². The monoisotopic (exact) mass is 332 g/mol. The average molecular weight is 333 g/mol. The fourth-order valence-corrected chi connectivity index (χ4v) is 3.20. The molecule has 0 saturated heterocycles. The second-order valence-corrected chi connectivity index (χ2v) is 7.75. The third-order valence-corrected chi connectivity index (χ3v) is 4.58. The first-order valence-corrected chi connectivity index (χ1v) is 8.04. The maximum Gasteiger partial charge on any atom is 0.180 e. The number of ketones is 1. The molecule has 0 atom stereocenters. The van der Waals surface area contributed by atoms with Crippen LogP contribution in [0.15, 0.2) is 21.5 Å². The van der Waals surface area contributed by atoms with Crippen LogP contribution < -0.4 is 4.74 Å². The third-order valence-electron chi connectivity index (χ3n) is 2.90. The molecule has 4 nitrogen and oxygen atoms in total. The van der Waals surface area contributed by atoms with Crippen molar-refractivity contribution in [2.24, 2.45) is 0 Å². The lowest BCUT2D eigenvalue weighted by atomic mass is 9.93. The van der Waals surface area contributed by atoms with Gasteiger partial charge in [0.2, 0.25) is 0 Å². The first-order chi connectivity index (χ1) is 8.11. The maximum absolute atomic E-state index is 11.9. The topological polar surface area (TPSA) is 60.4 Å². The number of Topliss-reactive ketones (excluding diaryl/α,β-unsaturated/α-hetero) is 1. The van der Waals surface area contributed by atoms with Gasteiger partial charge in [-0.1, -0.05) is 0 Å². The second kappa shape index (κ2) is 4.06. The molecule has 0 saturated carbocycles. The van der Waals surface area contributed by atoms with Crippen LogP contribution in [0, 0.1) is 0 Å². The van der Waals surface area contributed by atoms with Crippen molar-refractivity contribution >= 4 is 31.6 Å². The first kappa shape index (κ1) is 13.5. The largest absolute Gasteiger partial charge is 0.479 e. The van der Waals surface area contributed by atoms with E-state index < -0.39 is 15.4 Å². The molecule has 0 spiro atoms. The molecule has 98 valence electrons. The predicted octanol–water partition coefficient (Wildman–Crippen LogP) is 2.14. The molecule has 0 N–H and O–H groups in total. The van der Waals surface area contributed by atoms with Crippen molar-refractivity contribution in [2.45, 2.75) is 30.8 Å². The van der Waals surface area contributed by atoms with Crippen molar-refractivity contribution in [3.8, 4) is 5.75 Å². The molecule has 1 aromatic rings. The SMILES string of the molecule is CC1(C)Oc2c(Br)cc(S(C)(=O)=O)cc2CC1=O. The minimum absolute atomic E-state index is 0.0625. The van der Waals surface area contributed by atoms with Crippen LogP contribution in [-0.2, 0) is 21.1 Å². The molecule has 18 heavy (non-hydrogen) atoms. The summed E-state index contributed by atoms with van der Waals surface area (Å²) in [5.74, 6) is 0.486. The van der Waals surface area contributed by atoms with Gasteiger partial charge in [0, 0.05) is 18.2 Å². The van der Waals surface area contributed by atoms with Gasteiger partial charge in [-0.05, 0) is 41.9 Å². The number of benzene rings is 1. The lowest BCUT2D eigenvalue weighted by Crippen LogP contribution is -2.42. The van der Waals surface area contributed by atoms with E-state index in [2.05, 4.69) is 15.9 Å². The van der Waals surface area contributed by atoms with Gasteiger partial charge < -0.3 is 4.74 Å². The summed E-state index contributed by atoms with van der Waals surface area (Å²) in [6, 6.07) is 3.00. The van der Waals surface area contributed by atoms with E-state index in [0.29, 0.717) is 15.8 Å². The smallest absolute Gasteiger partial charge is 0.180 e. The van der Waals surface area contributed by atoms with E-state index in [1.807, 2.05) is 0 Å². The molecule has 1 aliphatic heterocycles. The molecule has 0 amide bonds. The Labute approximate surface area is 114 Å². The van der Waals surface area contributed by atoms with E-state index in [4.69, 9.17) is 4.74 Å². The van der Waals surface area contributed by atoms with Gasteiger partial charge in [-0.15, -0.1) is 0 Å². The molecule has 0 bridgehead atoms. The summed E-state index contributed by atoms with van der Waals surface area (Å²) in [6.45, 7) is 3.41. The Morgan fingerprint density at radius 1 is 1.33 bits per heavy atom. The number of hydrogen-bond acceptors (Lipinski definition) is 4. The van der Waals surface area contributed by atoms with Crippen LogP contribution in [-0.4, -0.2) is 26.1 Å². The van der Waals surface area contributed by atoms with E-state index in [1.165, 1.54) is 12.1 Å². The van der Waals surface area contributed by atoms with Crippen molar-refractivity contribution in [3.05, 3.63) is 22.2 Å². The Morgan fingerprint density at radius 3 is 2.50 bits per heavy atom. The van der Waals surface area contributed by atoms with E-state index in [1.54, 1.807) is 13.8 Å².